The lowest BCUT2D eigenvalue weighted by Gasteiger charge is -2.21. The van der Waals surface area contributed by atoms with Gasteiger partial charge >= 0.3 is 5.97 Å². The molecule has 2 N–H and O–H groups in total. The molecule has 0 saturated heterocycles. The number of esters is 1. The van der Waals surface area contributed by atoms with E-state index < -0.39 is 5.97 Å². The molecular formula is C27H31NO5. The van der Waals surface area contributed by atoms with Gasteiger partial charge in [0.2, 0.25) is 0 Å². The van der Waals surface area contributed by atoms with Crippen LogP contribution in [0.25, 0.3) is 0 Å². The maximum atomic E-state index is 13.1. The number of fused-ring (bicyclic) bond motifs is 1. The summed E-state index contributed by atoms with van der Waals surface area (Å²) < 4.78 is 5.76. The van der Waals surface area contributed by atoms with Crippen LogP contribution in [-0.4, -0.2) is 28.0 Å². The van der Waals surface area contributed by atoms with Crippen LogP contribution in [0.5, 0.6) is 11.5 Å². The summed E-state index contributed by atoms with van der Waals surface area (Å²) >= 11 is 0. The molecule has 0 saturated carbocycles. The highest BCUT2D eigenvalue weighted by Gasteiger charge is 2.24. The first kappa shape index (κ1) is 24.1. The number of ether oxygens (including phenoxy) is 1. The number of hydrogen-bond donors (Lipinski definition) is 2. The van der Waals surface area contributed by atoms with Crippen molar-refractivity contribution in [3.05, 3.63) is 83.5 Å². The number of cyclic esters (lactones) is 1. The van der Waals surface area contributed by atoms with E-state index in [4.69, 9.17) is 9.57 Å². The molecule has 33 heavy (non-hydrogen) atoms. The van der Waals surface area contributed by atoms with Crippen molar-refractivity contribution >= 4 is 11.7 Å². The van der Waals surface area contributed by atoms with Crippen molar-refractivity contribution in [1.29, 1.82) is 0 Å². The van der Waals surface area contributed by atoms with E-state index in [2.05, 4.69) is 11.2 Å². The summed E-state index contributed by atoms with van der Waals surface area (Å²) in [7, 11) is 0. The van der Waals surface area contributed by atoms with Gasteiger partial charge < -0.3 is 19.8 Å². The van der Waals surface area contributed by atoms with Crippen LogP contribution in [0.3, 0.4) is 0 Å². The Morgan fingerprint density at radius 3 is 2.61 bits per heavy atom. The van der Waals surface area contributed by atoms with E-state index in [1.165, 1.54) is 6.07 Å². The maximum Gasteiger partial charge on any atom is 0.342 e. The number of allylic oxidation sites excluding steroid dienone is 3. The van der Waals surface area contributed by atoms with Crippen molar-refractivity contribution in [3.8, 4) is 11.5 Å². The topological polar surface area (TPSA) is 88.4 Å². The summed E-state index contributed by atoms with van der Waals surface area (Å²) in [5.74, 6) is -0.983. The van der Waals surface area contributed by atoms with Crippen LogP contribution in [0.4, 0.5) is 0 Å². The number of benzene rings is 2. The molecule has 2 aromatic rings. The zero-order valence-electron chi connectivity index (χ0n) is 19.1. The van der Waals surface area contributed by atoms with E-state index in [0.717, 1.165) is 24.5 Å². The van der Waals surface area contributed by atoms with Crippen LogP contribution in [0, 0.1) is 5.92 Å². The predicted molar refractivity (Wildman–Crippen MR) is 128 cm³/mol. The highest BCUT2D eigenvalue weighted by atomic mass is 16.6. The fourth-order valence-corrected chi connectivity index (χ4v) is 3.54. The Morgan fingerprint density at radius 2 is 1.85 bits per heavy atom. The Bertz CT molecular complexity index is 1020. The van der Waals surface area contributed by atoms with Gasteiger partial charge in [-0.3, -0.25) is 0 Å². The maximum absolute atomic E-state index is 13.1. The summed E-state index contributed by atoms with van der Waals surface area (Å²) in [4.78, 5) is 18.6. The molecule has 0 radical (unpaired) electrons. The second kappa shape index (κ2) is 11.9. The largest absolute Gasteiger partial charge is 0.508 e. The number of phenolic OH excluding ortho intramolecular Hbond substituents is 2. The third-order valence-electron chi connectivity index (χ3n) is 5.36. The number of oxime groups is 1. The van der Waals surface area contributed by atoms with Gasteiger partial charge in [0.1, 0.15) is 29.8 Å². The molecule has 0 aliphatic carbocycles. The Morgan fingerprint density at radius 1 is 1.09 bits per heavy atom. The lowest BCUT2D eigenvalue weighted by atomic mass is 9.98. The third kappa shape index (κ3) is 7.24. The molecule has 0 unspecified atom stereocenters. The standard InChI is InChI=1S/C27H31NO5/c1-19(2)25-14-10-5-3-4-9-13-22(28-32-18-20-11-7-6-8-12-20)15-21-16-23(29)17-24(30)26(21)27(31)33-25/h5-13,16-17,19,25,29-30H,3-4,14-15,18H2,1-2H3/t25-/m0/s1. The van der Waals surface area contributed by atoms with Gasteiger partial charge in [0.05, 0.1) is 5.71 Å². The molecule has 1 atom stereocenters. The number of carbonyl (C=O) groups is 1. The van der Waals surface area contributed by atoms with Crippen LogP contribution in [0.15, 0.2) is 71.9 Å². The number of nitrogens with zero attached hydrogens (tertiary/aromatic N) is 1. The molecule has 0 bridgehead atoms. The van der Waals surface area contributed by atoms with E-state index in [0.29, 0.717) is 24.3 Å². The lowest BCUT2D eigenvalue weighted by Crippen LogP contribution is -2.24. The summed E-state index contributed by atoms with van der Waals surface area (Å²) in [5.41, 5.74) is 1.99. The molecule has 0 aromatic heterocycles. The number of carbonyl (C=O) groups excluding carboxylic acids is 1. The average molecular weight is 450 g/mol. The zero-order chi connectivity index (χ0) is 23.6. The van der Waals surface area contributed by atoms with Crippen molar-refractivity contribution in [2.45, 2.75) is 52.2 Å². The highest BCUT2D eigenvalue weighted by Crippen LogP contribution is 2.30. The third-order valence-corrected chi connectivity index (χ3v) is 5.36. The van der Waals surface area contributed by atoms with Gasteiger partial charge in [-0.1, -0.05) is 67.6 Å². The van der Waals surface area contributed by atoms with Crippen LogP contribution >= 0.6 is 0 Å². The van der Waals surface area contributed by atoms with Crippen LogP contribution in [-0.2, 0) is 22.6 Å². The minimum absolute atomic E-state index is 0.0312. The zero-order valence-corrected chi connectivity index (χ0v) is 19.1. The van der Waals surface area contributed by atoms with E-state index in [1.54, 1.807) is 0 Å². The molecular weight excluding hydrogens is 418 g/mol. The van der Waals surface area contributed by atoms with Gasteiger partial charge in [0, 0.05) is 18.9 Å². The normalized spacial score (nSPS) is 18.6. The van der Waals surface area contributed by atoms with Crippen molar-refractivity contribution in [1.82, 2.24) is 0 Å². The van der Waals surface area contributed by atoms with Gasteiger partial charge in [0.15, 0.2) is 0 Å². The van der Waals surface area contributed by atoms with Gasteiger partial charge in [-0.05, 0) is 42.0 Å². The molecule has 1 aliphatic rings. The van der Waals surface area contributed by atoms with Crippen LogP contribution < -0.4 is 0 Å². The van der Waals surface area contributed by atoms with E-state index in [9.17, 15) is 15.0 Å². The minimum atomic E-state index is -0.625. The van der Waals surface area contributed by atoms with Crippen molar-refractivity contribution in [2.75, 3.05) is 0 Å². The molecule has 6 nitrogen and oxygen atoms in total. The smallest absolute Gasteiger partial charge is 0.342 e. The van der Waals surface area contributed by atoms with E-state index >= 15 is 0 Å². The van der Waals surface area contributed by atoms with Crippen molar-refractivity contribution < 1.29 is 24.6 Å². The van der Waals surface area contributed by atoms with Gasteiger partial charge in [-0.2, -0.15) is 0 Å². The second-order valence-corrected chi connectivity index (χ2v) is 8.39. The first-order valence-corrected chi connectivity index (χ1v) is 11.2. The Balaban J connectivity index is 1.93. The predicted octanol–water partition coefficient (Wildman–Crippen LogP) is 5.69. The fourth-order valence-electron chi connectivity index (χ4n) is 3.54. The average Bonchev–Trinajstić information content (AvgIpc) is 2.77. The number of rotatable bonds is 4. The molecule has 1 aliphatic heterocycles. The summed E-state index contributed by atoms with van der Waals surface area (Å²) in [6, 6.07) is 12.3. The molecule has 6 heteroatoms. The van der Waals surface area contributed by atoms with Gasteiger partial charge in [-0.25, -0.2) is 4.79 Å². The molecule has 1 heterocycles. The van der Waals surface area contributed by atoms with E-state index in [1.807, 2.05) is 62.4 Å². The summed E-state index contributed by atoms with van der Waals surface area (Å²) in [5, 5.41) is 24.8. The minimum Gasteiger partial charge on any atom is -0.508 e. The fraction of sp³-hybridized carbons (Fsp3) is 0.333. The van der Waals surface area contributed by atoms with Crippen molar-refractivity contribution in [3.63, 3.8) is 0 Å². The monoisotopic (exact) mass is 449 g/mol. The molecule has 3 rings (SSSR count). The quantitative estimate of drug-likeness (QED) is 0.356. The molecule has 0 fully saturated rings. The highest BCUT2D eigenvalue weighted by molar-refractivity contribution is 6.00. The molecule has 0 amide bonds. The Labute approximate surface area is 194 Å². The molecule has 2 aromatic carbocycles. The molecule has 0 spiro atoms. The second-order valence-electron chi connectivity index (χ2n) is 8.39. The number of phenols is 2. The van der Waals surface area contributed by atoms with Crippen LogP contribution in [0.2, 0.25) is 0 Å². The number of aromatic hydroxyl groups is 2. The van der Waals surface area contributed by atoms with Crippen LogP contribution in [0.1, 0.15) is 54.6 Å². The summed E-state index contributed by atoms with van der Waals surface area (Å²) in [6.45, 7) is 4.28. The SMILES string of the molecule is CC(C)[C@@H]1CC=CCCC=CC(=NOCc2ccccc2)Cc2cc(O)cc(O)c2C(=O)O1. The van der Waals surface area contributed by atoms with Gasteiger partial charge in [0.25, 0.3) is 0 Å². The first-order valence-electron chi connectivity index (χ1n) is 11.2. The molecule has 174 valence electrons. The van der Waals surface area contributed by atoms with Crippen molar-refractivity contribution in [2.24, 2.45) is 11.1 Å². The Hall–Kier alpha value is -3.54. The van der Waals surface area contributed by atoms with Gasteiger partial charge in [-0.15, -0.1) is 0 Å². The lowest BCUT2D eigenvalue weighted by molar-refractivity contribution is 0.0189. The summed E-state index contributed by atoms with van der Waals surface area (Å²) in [6.07, 6.45) is 10.1. The number of hydrogen-bond acceptors (Lipinski definition) is 6. The first-order chi connectivity index (χ1) is 15.9. The Kier molecular flexibility index (Phi) is 8.70. The van der Waals surface area contributed by atoms with E-state index in [-0.39, 0.29) is 35.5 Å².